The number of guanidine groups is 1. The van der Waals surface area contributed by atoms with Gasteiger partial charge in [0, 0.05) is 56.7 Å². The maximum atomic E-state index is 5.55. The highest BCUT2D eigenvalue weighted by Gasteiger charge is 2.32. The number of halogens is 1. The molecule has 2 N–H and O–H groups in total. The molecule has 164 valence electrons. The molecule has 5 nitrogen and oxygen atoms in total. The second-order valence-corrected chi connectivity index (χ2v) is 9.37. The Balaban J connectivity index is 0.00000300. The topological polar surface area (TPSA) is 48.9 Å². The summed E-state index contributed by atoms with van der Waals surface area (Å²) in [6, 6.07) is 11.8. The van der Waals surface area contributed by atoms with Crippen LogP contribution in [-0.4, -0.2) is 67.3 Å². The van der Waals surface area contributed by atoms with Crippen LogP contribution in [-0.2, 0) is 11.3 Å². The van der Waals surface area contributed by atoms with Gasteiger partial charge < -0.3 is 15.4 Å². The van der Waals surface area contributed by atoms with Crippen molar-refractivity contribution < 1.29 is 4.74 Å². The van der Waals surface area contributed by atoms with Crippen LogP contribution < -0.4 is 10.6 Å². The Morgan fingerprint density at radius 2 is 2.00 bits per heavy atom. The maximum absolute atomic E-state index is 5.55. The van der Waals surface area contributed by atoms with Gasteiger partial charge >= 0.3 is 0 Å². The van der Waals surface area contributed by atoms with Gasteiger partial charge in [-0.25, -0.2) is 0 Å². The van der Waals surface area contributed by atoms with Crippen LogP contribution in [0.25, 0.3) is 0 Å². The second-order valence-electron chi connectivity index (χ2n) is 8.10. The van der Waals surface area contributed by atoms with Gasteiger partial charge in [0.25, 0.3) is 0 Å². The molecule has 2 heterocycles. The lowest BCUT2D eigenvalue weighted by Gasteiger charge is -2.39. The lowest BCUT2D eigenvalue weighted by molar-refractivity contribution is 0.0782. The van der Waals surface area contributed by atoms with E-state index in [0.717, 1.165) is 64.5 Å². The average Bonchev–Trinajstić information content (AvgIpc) is 2.74. The summed E-state index contributed by atoms with van der Waals surface area (Å²) in [4.78, 5) is 7.08. The number of hydrogen-bond donors (Lipinski definition) is 2. The quantitative estimate of drug-likeness (QED) is 0.332. The van der Waals surface area contributed by atoms with E-state index in [1.165, 1.54) is 5.56 Å². The third kappa shape index (κ3) is 7.29. The van der Waals surface area contributed by atoms with Crippen LogP contribution >= 0.6 is 35.7 Å². The Morgan fingerprint density at radius 3 is 2.62 bits per heavy atom. The molecule has 0 aliphatic carbocycles. The van der Waals surface area contributed by atoms with E-state index in [2.05, 4.69) is 64.0 Å². The number of rotatable bonds is 6. The molecule has 2 fully saturated rings. The second kappa shape index (κ2) is 12.4. The summed E-state index contributed by atoms with van der Waals surface area (Å²) in [6.07, 6.45) is 6.72. The van der Waals surface area contributed by atoms with E-state index in [9.17, 15) is 0 Å². The summed E-state index contributed by atoms with van der Waals surface area (Å²) < 4.78 is 5.82. The van der Waals surface area contributed by atoms with Gasteiger partial charge in [-0.1, -0.05) is 30.3 Å². The minimum atomic E-state index is 0. The van der Waals surface area contributed by atoms with Gasteiger partial charge in [-0.05, 0) is 44.4 Å². The molecule has 29 heavy (non-hydrogen) atoms. The fraction of sp³-hybridized carbons (Fsp3) is 0.682. The first-order valence-corrected chi connectivity index (χ1v) is 11.7. The summed E-state index contributed by atoms with van der Waals surface area (Å²) >= 11 is 1.96. The van der Waals surface area contributed by atoms with Crippen LogP contribution in [0, 0.1) is 0 Å². The van der Waals surface area contributed by atoms with E-state index >= 15 is 0 Å². The lowest BCUT2D eigenvalue weighted by Crippen LogP contribution is -2.53. The Morgan fingerprint density at radius 1 is 1.28 bits per heavy atom. The van der Waals surface area contributed by atoms with E-state index < -0.39 is 0 Å². The summed E-state index contributed by atoms with van der Waals surface area (Å²) in [5, 5.41) is 7.27. The zero-order chi connectivity index (χ0) is 19.8. The fourth-order valence-electron chi connectivity index (χ4n) is 4.23. The van der Waals surface area contributed by atoms with Crippen molar-refractivity contribution in [1.29, 1.82) is 0 Å². The molecule has 0 aromatic heterocycles. The molecule has 2 aliphatic heterocycles. The number of hydrogen-bond acceptors (Lipinski definition) is 4. The van der Waals surface area contributed by atoms with Gasteiger partial charge in [-0.3, -0.25) is 9.89 Å². The number of nitrogens with one attached hydrogen (secondary N) is 2. The van der Waals surface area contributed by atoms with E-state index in [4.69, 9.17) is 4.74 Å². The largest absolute Gasteiger partial charge is 0.381 e. The van der Waals surface area contributed by atoms with Crippen LogP contribution in [0.3, 0.4) is 0 Å². The molecule has 2 atom stereocenters. The highest BCUT2D eigenvalue weighted by molar-refractivity contribution is 14.0. The predicted octanol–water partition coefficient (Wildman–Crippen LogP) is 3.73. The Bertz CT molecular complexity index is 624. The number of piperidine rings is 1. The first kappa shape index (κ1) is 24.8. The molecule has 0 amide bonds. The number of aliphatic imine (C=N–C) groups is 1. The summed E-state index contributed by atoms with van der Waals surface area (Å²) in [5.74, 6) is 0.939. The minimum absolute atomic E-state index is 0. The van der Waals surface area contributed by atoms with Gasteiger partial charge in [0.05, 0.1) is 0 Å². The summed E-state index contributed by atoms with van der Waals surface area (Å²) in [7, 11) is 1.87. The molecule has 7 heteroatoms. The highest BCUT2D eigenvalue weighted by atomic mass is 127. The number of thioether (sulfide) groups is 1. The molecule has 1 aromatic carbocycles. The molecule has 2 saturated heterocycles. The first-order valence-electron chi connectivity index (χ1n) is 10.5. The Labute approximate surface area is 197 Å². The average molecular weight is 533 g/mol. The molecule has 2 aliphatic rings. The van der Waals surface area contributed by atoms with Crippen molar-refractivity contribution in [2.24, 2.45) is 4.99 Å². The lowest BCUT2D eigenvalue weighted by atomic mass is 9.97. The van der Waals surface area contributed by atoms with Crippen LogP contribution in [0.15, 0.2) is 35.3 Å². The number of nitrogens with zero attached hydrogens (tertiary/aromatic N) is 2. The van der Waals surface area contributed by atoms with Gasteiger partial charge in [-0.15, -0.1) is 24.0 Å². The maximum Gasteiger partial charge on any atom is 0.191 e. The molecule has 1 aromatic rings. The third-order valence-electron chi connectivity index (χ3n) is 6.22. The van der Waals surface area contributed by atoms with Crippen molar-refractivity contribution in [1.82, 2.24) is 15.5 Å². The van der Waals surface area contributed by atoms with E-state index in [1.54, 1.807) is 0 Å². The van der Waals surface area contributed by atoms with Gasteiger partial charge in [0.1, 0.15) is 0 Å². The zero-order valence-electron chi connectivity index (χ0n) is 18.0. The smallest absolute Gasteiger partial charge is 0.191 e. The van der Waals surface area contributed by atoms with Crippen molar-refractivity contribution in [3.63, 3.8) is 0 Å². The molecule has 0 spiro atoms. The van der Waals surface area contributed by atoms with Crippen molar-refractivity contribution in [2.45, 2.75) is 56.0 Å². The van der Waals surface area contributed by atoms with Crippen LogP contribution in [0.4, 0.5) is 0 Å². The molecule has 0 radical (unpaired) electrons. The van der Waals surface area contributed by atoms with Crippen LogP contribution in [0.5, 0.6) is 0 Å². The Kier molecular flexibility index (Phi) is 10.6. The highest BCUT2D eigenvalue weighted by Crippen LogP contribution is 2.33. The molecule has 2 unspecified atom stereocenters. The molecule has 0 bridgehead atoms. The van der Waals surface area contributed by atoms with E-state index in [1.807, 2.05) is 18.8 Å². The van der Waals surface area contributed by atoms with Gasteiger partial charge in [0.2, 0.25) is 0 Å². The minimum Gasteiger partial charge on any atom is -0.381 e. The van der Waals surface area contributed by atoms with Crippen molar-refractivity contribution in [3.8, 4) is 0 Å². The van der Waals surface area contributed by atoms with Crippen molar-refractivity contribution in [2.75, 3.05) is 39.6 Å². The van der Waals surface area contributed by atoms with Crippen molar-refractivity contribution in [3.05, 3.63) is 35.9 Å². The predicted molar refractivity (Wildman–Crippen MR) is 136 cm³/mol. The molecule has 3 rings (SSSR count). The fourth-order valence-corrected chi connectivity index (χ4v) is 5.03. The van der Waals surface area contributed by atoms with E-state index in [0.29, 0.717) is 12.1 Å². The monoisotopic (exact) mass is 532 g/mol. The van der Waals surface area contributed by atoms with E-state index in [-0.39, 0.29) is 28.7 Å². The third-order valence-corrected chi connectivity index (χ3v) is 7.64. The molecule has 0 saturated carbocycles. The Hall–Kier alpha value is -0.510. The SMILES string of the molecule is CN=C(NCC1(SC)CCOCC1)NC1CCN(Cc2ccccc2)C(C)C1.I. The van der Waals surface area contributed by atoms with Crippen LogP contribution in [0.1, 0.15) is 38.2 Å². The molecular formula is C22H37IN4OS. The zero-order valence-corrected chi connectivity index (χ0v) is 21.2. The van der Waals surface area contributed by atoms with Crippen molar-refractivity contribution >= 4 is 41.7 Å². The normalized spacial score (nSPS) is 25.1. The van der Waals surface area contributed by atoms with Gasteiger partial charge in [0.15, 0.2) is 5.96 Å². The first-order chi connectivity index (χ1) is 13.6. The standard InChI is InChI=1S/C22H36N4OS.HI/c1-18-15-20(9-12-26(18)16-19-7-5-4-6-8-19)25-21(23-2)24-17-22(28-3)10-13-27-14-11-22;/h4-8,18,20H,9-17H2,1-3H3,(H2,23,24,25);1H. The number of ether oxygens (including phenoxy) is 1. The summed E-state index contributed by atoms with van der Waals surface area (Å²) in [5.41, 5.74) is 1.40. The van der Waals surface area contributed by atoms with Gasteiger partial charge in [-0.2, -0.15) is 11.8 Å². The number of benzene rings is 1. The number of likely N-dealkylation sites (tertiary alicyclic amines) is 1. The van der Waals surface area contributed by atoms with Crippen LogP contribution in [0.2, 0.25) is 0 Å². The molecular weight excluding hydrogens is 495 g/mol. The summed E-state index contributed by atoms with van der Waals surface area (Å²) in [6.45, 7) is 7.19.